The maximum Gasteiger partial charge on any atom is 0.268 e. The molecular weight excluding hydrogens is 659 g/mol. The van der Waals surface area contributed by atoms with Gasteiger partial charge in [0.05, 0.1) is 39.9 Å². The second kappa shape index (κ2) is 34.2. The smallest absolute Gasteiger partial charge is 0.268 e. The highest BCUT2D eigenvalue weighted by molar-refractivity contribution is 7.45. The quantitative estimate of drug-likeness (QED) is 0.0287. The number of rotatable bonds is 36. The van der Waals surface area contributed by atoms with Gasteiger partial charge in [0.15, 0.2) is 0 Å². The molecular formula is C42H79N2O6P. The number of carbonyl (C=O) groups excluding carboxylic acids is 1. The van der Waals surface area contributed by atoms with Crippen molar-refractivity contribution in [2.75, 3.05) is 40.9 Å². The Morgan fingerprint density at radius 2 is 1.16 bits per heavy atom. The lowest BCUT2D eigenvalue weighted by Gasteiger charge is -2.29. The zero-order chi connectivity index (χ0) is 37.9. The van der Waals surface area contributed by atoms with Crippen LogP contribution < -0.4 is 10.2 Å². The molecule has 0 spiro atoms. The number of aliphatic hydroxyl groups excluding tert-OH is 1. The zero-order valence-corrected chi connectivity index (χ0v) is 34.4. The first kappa shape index (κ1) is 49.5. The van der Waals surface area contributed by atoms with E-state index < -0.39 is 26.6 Å². The number of phosphoric acid groups is 1. The van der Waals surface area contributed by atoms with E-state index in [1.807, 2.05) is 27.2 Å². The minimum Gasteiger partial charge on any atom is -0.756 e. The van der Waals surface area contributed by atoms with Crippen LogP contribution in [0.5, 0.6) is 0 Å². The molecule has 0 fully saturated rings. The fraction of sp³-hybridized carbons (Fsp3) is 0.786. The van der Waals surface area contributed by atoms with Crippen molar-refractivity contribution in [3.8, 4) is 0 Å². The molecule has 0 saturated heterocycles. The van der Waals surface area contributed by atoms with Crippen molar-refractivity contribution in [2.45, 2.75) is 174 Å². The van der Waals surface area contributed by atoms with E-state index in [9.17, 15) is 19.4 Å². The van der Waals surface area contributed by atoms with Crippen molar-refractivity contribution >= 4 is 13.7 Å². The van der Waals surface area contributed by atoms with Crippen LogP contribution in [0.3, 0.4) is 0 Å². The van der Waals surface area contributed by atoms with Gasteiger partial charge in [-0.05, 0) is 64.2 Å². The number of likely N-dealkylation sites (N-methyl/N-ethyl adjacent to an activating group) is 1. The first-order chi connectivity index (χ1) is 24.5. The summed E-state index contributed by atoms with van der Waals surface area (Å²) < 4.78 is 23.1. The molecule has 1 amide bonds. The summed E-state index contributed by atoms with van der Waals surface area (Å²) in [5.74, 6) is -0.219. The summed E-state index contributed by atoms with van der Waals surface area (Å²) in [6.07, 6.45) is 41.5. The SMILES string of the molecule is CCCCC/C=C\C/C=C\CCCCCCCCCC(=O)NC(COP(=O)([O-])OCC[N+](C)(C)C)C(O)/C=C/CC/C=C/CCCCCCCC. The van der Waals surface area contributed by atoms with Crippen LogP contribution in [0.2, 0.25) is 0 Å². The largest absolute Gasteiger partial charge is 0.756 e. The number of unbranched alkanes of at least 4 members (excludes halogenated alkanes) is 17. The summed E-state index contributed by atoms with van der Waals surface area (Å²) in [7, 11) is 1.23. The molecule has 0 aliphatic heterocycles. The lowest BCUT2D eigenvalue weighted by molar-refractivity contribution is -0.870. The maximum absolute atomic E-state index is 12.8. The van der Waals surface area contributed by atoms with E-state index in [0.29, 0.717) is 17.4 Å². The van der Waals surface area contributed by atoms with Gasteiger partial charge in [0.2, 0.25) is 5.91 Å². The van der Waals surface area contributed by atoms with Gasteiger partial charge < -0.3 is 28.8 Å². The average molecular weight is 739 g/mol. The molecule has 0 aliphatic rings. The van der Waals surface area contributed by atoms with Gasteiger partial charge in [-0.25, -0.2) is 0 Å². The van der Waals surface area contributed by atoms with Gasteiger partial charge in [0.1, 0.15) is 13.2 Å². The van der Waals surface area contributed by atoms with Gasteiger partial charge in [0, 0.05) is 6.42 Å². The monoisotopic (exact) mass is 739 g/mol. The highest BCUT2D eigenvalue weighted by Crippen LogP contribution is 2.38. The highest BCUT2D eigenvalue weighted by atomic mass is 31.2. The number of phosphoric ester groups is 1. The molecule has 0 aromatic rings. The Morgan fingerprint density at radius 3 is 1.75 bits per heavy atom. The molecule has 2 N–H and O–H groups in total. The van der Waals surface area contributed by atoms with Crippen LogP contribution in [0, 0.1) is 0 Å². The van der Waals surface area contributed by atoms with Gasteiger partial charge in [-0.2, -0.15) is 0 Å². The fourth-order valence-electron chi connectivity index (χ4n) is 5.43. The Hall–Kier alpha value is -1.54. The molecule has 9 heteroatoms. The summed E-state index contributed by atoms with van der Waals surface area (Å²) in [6.45, 7) is 4.55. The summed E-state index contributed by atoms with van der Waals surface area (Å²) in [6, 6.07) is -0.905. The molecule has 0 radical (unpaired) electrons. The highest BCUT2D eigenvalue weighted by Gasteiger charge is 2.23. The number of quaternary nitrogens is 1. The molecule has 0 saturated carbocycles. The maximum atomic E-state index is 12.8. The Kier molecular flexibility index (Phi) is 33.2. The summed E-state index contributed by atoms with van der Waals surface area (Å²) in [5, 5.41) is 13.7. The third kappa shape index (κ3) is 36.6. The van der Waals surface area contributed by atoms with Crippen LogP contribution in [0.4, 0.5) is 0 Å². The van der Waals surface area contributed by atoms with E-state index in [1.54, 1.807) is 6.08 Å². The van der Waals surface area contributed by atoms with Crippen molar-refractivity contribution in [3.05, 3.63) is 48.6 Å². The van der Waals surface area contributed by atoms with E-state index in [-0.39, 0.29) is 12.5 Å². The van der Waals surface area contributed by atoms with Gasteiger partial charge in [-0.3, -0.25) is 9.36 Å². The normalized spacial score (nSPS) is 15.0. The molecule has 3 unspecified atom stereocenters. The van der Waals surface area contributed by atoms with Crippen LogP contribution >= 0.6 is 7.82 Å². The number of nitrogens with one attached hydrogen (secondary N) is 1. The first-order valence-electron chi connectivity index (χ1n) is 20.5. The van der Waals surface area contributed by atoms with Crippen LogP contribution in [0.15, 0.2) is 48.6 Å². The molecule has 0 rings (SSSR count). The molecule has 0 aliphatic carbocycles. The third-order valence-corrected chi connectivity index (χ3v) is 9.73. The fourth-order valence-corrected chi connectivity index (χ4v) is 6.15. The Labute approximate surface area is 314 Å². The van der Waals surface area contributed by atoms with E-state index in [4.69, 9.17) is 9.05 Å². The van der Waals surface area contributed by atoms with Crippen molar-refractivity contribution in [1.29, 1.82) is 0 Å². The van der Waals surface area contributed by atoms with Crippen LogP contribution in [-0.4, -0.2) is 68.5 Å². The number of amides is 1. The van der Waals surface area contributed by atoms with E-state index in [0.717, 1.165) is 57.8 Å². The predicted octanol–water partition coefficient (Wildman–Crippen LogP) is 10.3. The van der Waals surface area contributed by atoms with E-state index in [1.165, 1.54) is 83.5 Å². The molecule has 51 heavy (non-hydrogen) atoms. The van der Waals surface area contributed by atoms with Gasteiger partial charge >= 0.3 is 0 Å². The molecule has 0 aromatic heterocycles. The molecule has 0 aromatic carbocycles. The van der Waals surface area contributed by atoms with Crippen LogP contribution in [0.25, 0.3) is 0 Å². The molecule has 8 nitrogen and oxygen atoms in total. The first-order valence-corrected chi connectivity index (χ1v) is 22.0. The Bertz CT molecular complexity index is 975. The summed E-state index contributed by atoms with van der Waals surface area (Å²) >= 11 is 0. The standard InChI is InChI=1S/C42H79N2O6P/c1-6-8-10-12-14-16-18-20-21-22-23-24-26-28-30-32-34-36-42(46)43-40(39-50-51(47,48)49-38-37-44(3,4)5)41(45)35-33-31-29-27-25-19-17-15-13-11-9-7-2/h14,16,20-21,25,27,33,35,40-41,45H,6-13,15,17-19,22-24,26,28-32,34,36-39H2,1-5H3,(H-,43,46,47,48)/b16-14-,21-20-,27-25+,35-33+. The van der Waals surface area contributed by atoms with Gasteiger partial charge in [0.25, 0.3) is 7.82 Å². The second-order valence-corrected chi connectivity index (χ2v) is 16.4. The molecule has 3 atom stereocenters. The van der Waals surface area contributed by atoms with Crippen molar-refractivity contribution in [3.63, 3.8) is 0 Å². The minimum absolute atomic E-state index is 0.00962. The molecule has 298 valence electrons. The van der Waals surface area contributed by atoms with Crippen LogP contribution in [0.1, 0.15) is 162 Å². The Balaban J connectivity index is 4.52. The lowest BCUT2D eigenvalue weighted by atomic mass is 10.1. The van der Waals surface area contributed by atoms with Crippen molar-refractivity contribution in [2.24, 2.45) is 0 Å². The summed E-state index contributed by atoms with van der Waals surface area (Å²) in [4.78, 5) is 25.2. The van der Waals surface area contributed by atoms with Gasteiger partial charge in [-0.15, -0.1) is 0 Å². The van der Waals surface area contributed by atoms with Gasteiger partial charge in [-0.1, -0.05) is 140 Å². The topological polar surface area (TPSA) is 108 Å². The molecule has 0 heterocycles. The number of hydrogen-bond donors (Lipinski definition) is 2. The summed E-state index contributed by atoms with van der Waals surface area (Å²) in [5.41, 5.74) is 0. The third-order valence-electron chi connectivity index (χ3n) is 8.76. The number of allylic oxidation sites excluding steroid dienone is 7. The second-order valence-electron chi connectivity index (χ2n) is 15.0. The number of aliphatic hydroxyl groups is 1. The van der Waals surface area contributed by atoms with E-state index >= 15 is 0 Å². The molecule has 0 bridgehead atoms. The van der Waals surface area contributed by atoms with Crippen LogP contribution in [-0.2, 0) is 18.4 Å². The number of nitrogens with zero attached hydrogens (tertiary/aromatic N) is 1. The van der Waals surface area contributed by atoms with Crippen molar-refractivity contribution in [1.82, 2.24) is 5.32 Å². The average Bonchev–Trinajstić information content (AvgIpc) is 3.07. The zero-order valence-electron chi connectivity index (χ0n) is 33.5. The number of carbonyl (C=O) groups is 1. The minimum atomic E-state index is -4.59. The Morgan fingerprint density at radius 1 is 0.686 bits per heavy atom. The van der Waals surface area contributed by atoms with E-state index in [2.05, 4.69) is 55.6 Å². The lowest BCUT2D eigenvalue weighted by Crippen LogP contribution is -2.45. The van der Waals surface area contributed by atoms with Crippen molar-refractivity contribution < 1.29 is 32.9 Å². The predicted molar refractivity (Wildman–Crippen MR) is 214 cm³/mol. The number of hydrogen-bond acceptors (Lipinski definition) is 6.